The third-order valence-corrected chi connectivity index (χ3v) is 1.94. The molecular weight excluding hydrogens is 230 g/mol. The van der Waals surface area contributed by atoms with E-state index in [2.05, 4.69) is 4.74 Å². The number of hydrogen-bond donors (Lipinski definition) is 0. The summed E-state index contributed by atoms with van der Waals surface area (Å²) in [4.78, 5) is 0. The number of hydrogen-bond acceptors (Lipinski definition) is 1. The van der Waals surface area contributed by atoms with E-state index in [1.807, 2.05) is 0 Å². The van der Waals surface area contributed by atoms with E-state index in [0.29, 0.717) is 0 Å². The quantitative estimate of drug-likeness (QED) is 0.579. The second kappa shape index (κ2) is 4.72. The summed E-state index contributed by atoms with van der Waals surface area (Å²) in [7, 11) is 0. The molecule has 1 aromatic carbocycles. The van der Waals surface area contributed by atoms with Gasteiger partial charge in [-0.1, -0.05) is 12.1 Å². The van der Waals surface area contributed by atoms with E-state index in [9.17, 15) is 21.7 Å². The van der Waals surface area contributed by atoms with Gasteiger partial charge in [0.05, 0.1) is 0 Å². The van der Waals surface area contributed by atoms with Gasteiger partial charge in [-0.2, -0.15) is 0 Å². The van der Waals surface area contributed by atoms with Crippen molar-refractivity contribution in [3.63, 3.8) is 0 Å². The molecule has 0 saturated carbocycles. The molecule has 0 bridgehead atoms. The van der Waals surface area contributed by atoms with Gasteiger partial charge < -0.3 is 17.7 Å². The fourth-order valence-corrected chi connectivity index (χ4v) is 1.19. The maximum absolute atomic E-state index is 12.3. The molecule has 1 aromatic rings. The van der Waals surface area contributed by atoms with E-state index in [1.54, 1.807) is 0 Å². The second-order valence-corrected chi connectivity index (χ2v) is 3.30. The van der Waals surface area contributed by atoms with E-state index in [4.69, 9.17) is 0 Å². The van der Waals surface area contributed by atoms with Gasteiger partial charge in [0.25, 0.3) is 6.43 Å². The van der Waals surface area contributed by atoms with E-state index >= 15 is 0 Å². The lowest BCUT2D eigenvalue weighted by Crippen LogP contribution is -2.34. The SMILES string of the molecule is Cc1cc([B-](F)(F)F)ccc1OCC(F)F. The summed E-state index contributed by atoms with van der Waals surface area (Å²) in [6, 6.07) is 2.77. The van der Waals surface area contributed by atoms with Crippen molar-refractivity contribution in [2.45, 2.75) is 13.3 Å². The molecule has 0 aliphatic rings. The Kier molecular flexibility index (Phi) is 3.77. The van der Waals surface area contributed by atoms with Gasteiger partial charge in [0, 0.05) is 0 Å². The fraction of sp³-hybridized carbons (Fsp3) is 0.333. The van der Waals surface area contributed by atoms with Crippen LogP contribution in [0.2, 0.25) is 0 Å². The van der Waals surface area contributed by atoms with Gasteiger partial charge in [-0.15, -0.1) is 5.46 Å². The molecule has 0 aromatic heterocycles. The molecule has 0 N–H and O–H groups in total. The predicted molar refractivity (Wildman–Crippen MR) is 51.4 cm³/mol. The Morgan fingerprint density at radius 3 is 2.31 bits per heavy atom. The van der Waals surface area contributed by atoms with Gasteiger partial charge in [-0.05, 0) is 18.6 Å². The molecule has 0 amide bonds. The van der Waals surface area contributed by atoms with E-state index in [-0.39, 0.29) is 11.3 Å². The van der Waals surface area contributed by atoms with Crippen molar-refractivity contribution in [3.05, 3.63) is 23.8 Å². The van der Waals surface area contributed by atoms with Gasteiger partial charge in [0.1, 0.15) is 12.4 Å². The second-order valence-electron chi connectivity index (χ2n) is 3.30. The summed E-state index contributed by atoms with van der Waals surface area (Å²) in [6.07, 6.45) is -2.65. The molecule has 0 heterocycles. The summed E-state index contributed by atoms with van der Waals surface area (Å²) < 4.78 is 65.2. The molecule has 90 valence electrons. The van der Waals surface area contributed by atoms with Gasteiger partial charge in [0.2, 0.25) is 0 Å². The van der Waals surface area contributed by atoms with Crippen molar-refractivity contribution in [1.82, 2.24) is 0 Å². The van der Waals surface area contributed by atoms with Crippen LogP contribution in [0.3, 0.4) is 0 Å². The van der Waals surface area contributed by atoms with Gasteiger partial charge in [0.15, 0.2) is 0 Å². The van der Waals surface area contributed by atoms with E-state index in [1.165, 1.54) is 6.92 Å². The van der Waals surface area contributed by atoms with Crippen molar-refractivity contribution in [3.8, 4) is 5.75 Å². The number of benzene rings is 1. The highest BCUT2D eigenvalue weighted by atomic mass is 19.4. The number of aryl methyl sites for hydroxylation is 1. The van der Waals surface area contributed by atoms with Crippen molar-refractivity contribution >= 4 is 12.4 Å². The van der Waals surface area contributed by atoms with E-state index in [0.717, 1.165) is 18.2 Å². The molecule has 0 fully saturated rings. The molecule has 1 rings (SSSR count). The summed E-state index contributed by atoms with van der Waals surface area (Å²) in [5.74, 6) is 0.0455. The molecule has 1 nitrogen and oxygen atoms in total. The van der Waals surface area contributed by atoms with Crippen LogP contribution < -0.4 is 10.2 Å². The summed E-state index contributed by atoms with van der Waals surface area (Å²) >= 11 is 0. The van der Waals surface area contributed by atoms with Crippen LogP contribution >= 0.6 is 0 Å². The summed E-state index contributed by atoms with van der Waals surface area (Å²) in [6.45, 7) is -4.51. The van der Waals surface area contributed by atoms with Crippen molar-refractivity contribution in [1.29, 1.82) is 0 Å². The summed E-state index contributed by atoms with van der Waals surface area (Å²) in [5, 5.41) is 0. The minimum Gasteiger partial charge on any atom is -0.487 e. The lowest BCUT2D eigenvalue weighted by molar-refractivity contribution is 0.0816. The largest absolute Gasteiger partial charge is 0.509 e. The number of ether oxygens (including phenoxy) is 1. The van der Waals surface area contributed by atoms with Crippen LogP contribution in [0.1, 0.15) is 5.56 Å². The molecule has 7 heteroatoms. The number of alkyl halides is 2. The van der Waals surface area contributed by atoms with Crippen LogP contribution in [-0.2, 0) is 0 Å². The molecule has 0 saturated heterocycles. The van der Waals surface area contributed by atoms with Crippen LogP contribution in [0.4, 0.5) is 21.7 Å². The molecule has 0 radical (unpaired) electrons. The molecule has 0 atom stereocenters. The number of rotatable bonds is 4. The number of halogens is 5. The Hall–Kier alpha value is -1.27. The Bertz CT molecular complexity index is 363. The monoisotopic (exact) mass is 239 g/mol. The first-order valence-electron chi connectivity index (χ1n) is 4.52. The molecule has 0 aliphatic carbocycles. The smallest absolute Gasteiger partial charge is 0.487 e. The first kappa shape index (κ1) is 12.8. The zero-order valence-electron chi connectivity index (χ0n) is 8.39. The minimum atomic E-state index is -5.07. The van der Waals surface area contributed by atoms with Crippen LogP contribution in [0, 0.1) is 6.92 Å². The highest BCUT2D eigenvalue weighted by Gasteiger charge is 2.25. The van der Waals surface area contributed by atoms with Crippen LogP contribution in [0.15, 0.2) is 18.2 Å². The first-order valence-corrected chi connectivity index (χ1v) is 4.52. The lowest BCUT2D eigenvalue weighted by atomic mass is 9.79. The van der Waals surface area contributed by atoms with Crippen molar-refractivity contribution in [2.75, 3.05) is 6.61 Å². The normalized spacial score (nSPS) is 11.9. The third kappa shape index (κ3) is 3.39. The summed E-state index contributed by atoms with van der Waals surface area (Å²) in [5.41, 5.74) is -0.570. The van der Waals surface area contributed by atoms with Gasteiger partial charge in [-0.25, -0.2) is 8.78 Å². The molecule has 0 spiro atoms. The topological polar surface area (TPSA) is 9.23 Å². The Morgan fingerprint density at radius 2 is 1.88 bits per heavy atom. The molecule has 16 heavy (non-hydrogen) atoms. The first-order chi connectivity index (χ1) is 7.30. The fourth-order valence-electron chi connectivity index (χ4n) is 1.19. The van der Waals surface area contributed by atoms with Crippen LogP contribution in [0.25, 0.3) is 0 Å². The molecule has 0 unspecified atom stereocenters. The van der Waals surface area contributed by atoms with Crippen LogP contribution in [-0.4, -0.2) is 20.0 Å². The highest BCUT2D eigenvalue weighted by molar-refractivity contribution is 6.73. The Balaban J connectivity index is 2.84. The average Bonchev–Trinajstić information content (AvgIpc) is 2.14. The maximum Gasteiger partial charge on any atom is 0.509 e. The molecule has 0 aliphatic heterocycles. The standard InChI is InChI=1S/C9H9BF5O/c1-6-4-7(10(13,14)15)2-3-8(6)16-5-9(11)12/h2-4,9H,5H2,1H3/q-1. The Labute approximate surface area is 89.3 Å². The zero-order valence-corrected chi connectivity index (χ0v) is 8.39. The maximum atomic E-state index is 12.3. The predicted octanol–water partition coefficient (Wildman–Crippen LogP) is 2.69. The van der Waals surface area contributed by atoms with Crippen molar-refractivity contribution < 1.29 is 26.5 Å². The Morgan fingerprint density at radius 1 is 1.25 bits per heavy atom. The van der Waals surface area contributed by atoms with Crippen molar-refractivity contribution in [2.24, 2.45) is 0 Å². The zero-order chi connectivity index (χ0) is 12.3. The highest BCUT2D eigenvalue weighted by Crippen LogP contribution is 2.19. The molecular formula is C9H9BF5O-. The lowest BCUT2D eigenvalue weighted by Gasteiger charge is -2.17. The van der Waals surface area contributed by atoms with Gasteiger partial charge in [-0.3, -0.25) is 0 Å². The average molecular weight is 239 g/mol. The van der Waals surface area contributed by atoms with Gasteiger partial charge >= 0.3 is 6.98 Å². The van der Waals surface area contributed by atoms with Crippen LogP contribution in [0.5, 0.6) is 5.75 Å². The minimum absolute atomic E-state index is 0.0455. The van der Waals surface area contributed by atoms with E-state index < -0.39 is 25.5 Å². The third-order valence-electron chi connectivity index (χ3n) is 1.94.